The van der Waals surface area contributed by atoms with Crippen LogP contribution in [0.3, 0.4) is 0 Å². The standard InChI is InChI=1S/C19H26F2N2O2/c1-11(2)19(12(3)4)17(24)23(13(5)6)18(25)22(19)10-14-7-15(20)9-16(21)8-14/h7-9,11-13H,10H2,1-6H3. The quantitative estimate of drug-likeness (QED) is 0.746. The van der Waals surface area contributed by atoms with E-state index in [9.17, 15) is 18.4 Å². The van der Waals surface area contributed by atoms with E-state index in [0.29, 0.717) is 5.56 Å². The summed E-state index contributed by atoms with van der Waals surface area (Å²) in [6.07, 6.45) is 0. The van der Waals surface area contributed by atoms with E-state index in [0.717, 1.165) is 6.07 Å². The van der Waals surface area contributed by atoms with Crippen molar-refractivity contribution in [2.24, 2.45) is 11.8 Å². The fourth-order valence-electron chi connectivity index (χ4n) is 4.01. The summed E-state index contributed by atoms with van der Waals surface area (Å²) in [4.78, 5) is 29.0. The van der Waals surface area contributed by atoms with Gasteiger partial charge in [-0.3, -0.25) is 9.69 Å². The number of hydrogen-bond acceptors (Lipinski definition) is 2. The number of benzene rings is 1. The zero-order chi connectivity index (χ0) is 19.1. The van der Waals surface area contributed by atoms with Crippen LogP contribution in [-0.2, 0) is 11.3 Å². The SMILES string of the molecule is CC(C)N1C(=O)N(Cc2cc(F)cc(F)c2)C(C(C)C)(C(C)C)C1=O. The van der Waals surface area contributed by atoms with Crippen LogP contribution in [0.5, 0.6) is 0 Å². The fraction of sp³-hybridized carbons (Fsp3) is 0.579. The van der Waals surface area contributed by atoms with Gasteiger partial charge in [-0.1, -0.05) is 27.7 Å². The zero-order valence-corrected chi connectivity index (χ0v) is 15.6. The van der Waals surface area contributed by atoms with Crippen molar-refractivity contribution < 1.29 is 18.4 Å². The van der Waals surface area contributed by atoms with E-state index in [1.165, 1.54) is 21.9 Å². The van der Waals surface area contributed by atoms with Crippen LogP contribution in [-0.4, -0.2) is 33.3 Å². The van der Waals surface area contributed by atoms with Crippen LogP contribution in [0.4, 0.5) is 13.6 Å². The predicted octanol–water partition coefficient (Wildman–Crippen LogP) is 4.19. The van der Waals surface area contributed by atoms with Gasteiger partial charge in [0.15, 0.2) is 0 Å². The number of urea groups is 1. The van der Waals surface area contributed by atoms with Gasteiger partial charge in [0.2, 0.25) is 0 Å². The predicted molar refractivity (Wildman–Crippen MR) is 91.7 cm³/mol. The molecular weight excluding hydrogens is 326 g/mol. The third-order valence-electron chi connectivity index (χ3n) is 4.98. The minimum absolute atomic E-state index is 0.0150. The molecule has 0 atom stereocenters. The number of nitrogens with zero attached hydrogens (tertiary/aromatic N) is 2. The van der Waals surface area contributed by atoms with Gasteiger partial charge < -0.3 is 4.90 Å². The molecular formula is C19H26F2N2O2. The van der Waals surface area contributed by atoms with E-state index in [1.807, 2.05) is 27.7 Å². The Bertz CT molecular complexity index is 658. The van der Waals surface area contributed by atoms with Gasteiger partial charge in [-0.05, 0) is 43.4 Å². The lowest BCUT2D eigenvalue weighted by molar-refractivity contribution is -0.139. The molecule has 138 valence electrons. The second-order valence-electron chi connectivity index (χ2n) is 7.55. The second-order valence-corrected chi connectivity index (χ2v) is 7.55. The number of rotatable bonds is 5. The van der Waals surface area contributed by atoms with Crippen molar-refractivity contribution >= 4 is 11.9 Å². The Morgan fingerprint density at radius 1 is 0.920 bits per heavy atom. The molecule has 0 radical (unpaired) electrons. The molecule has 1 fully saturated rings. The number of amides is 3. The van der Waals surface area contributed by atoms with Crippen LogP contribution in [0.2, 0.25) is 0 Å². The topological polar surface area (TPSA) is 40.6 Å². The molecule has 1 aromatic carbocycles. The van der Waals surface area contributed by atoms with Gasteiger partial charge in [0.25, 0.3) is 5.91 Å². The first kappa shape index (κ1) is 19.3. The molecule has 25 heavy (non-hydrogen) atoms. The maximum atomic E-state index is 13.6. The van der Waals surface area contributed by atoms with Crippen molar-refractivity contribution in [2.75, 3.05) is 0 Å². The Morgan fingerprint density at radius 2 is 1.40 bits per heavy atom. The largest absolute Gasteiger partial charge is 0.328 e. The van der Waals surface area contributed by atoms with Crippen LogP contribution in [0.1, 0.15) is 47.1 Å². The summed E-state index contributed by atoms with van der Waals surface area (Å²) >= 11 is 0. The van der Waals surface area contributed by atoms with Gasteiger partial charge in [-0.2, -0.15) is 0 Å². The molecule has 1 aliphatic heterocycles. The fourth-order valence-corrected chi connectivity index (χ4v) is 4.01. The Balaban J connectivity index is 2.57. The number of imide groups is 1. The van der Waals surface area contributed by atoms with Gasteiger partial charge in [0.05, 0.1) is 0 Å². The summed E-state index contributed by atoms with van der Waals surface area (Å²) in [5, 5.41) is 0. The summed E-state index contributed by atoms with van der Waals surface area (Å²) < 4.78 is 27.1. The van der Waals surface area contributed by atoms with Crippen LogP contribution in [0, 0.1) is 23.5 Å². The number of carbonyl (C=O) groups excluding carboxylic acids is 2. The summed E-state index contributed by atoms with van der Waals surface area (Å²) in [6, 6.07) is 2.49. The molecule has 0 saturated carbocycles. The van der Waals surface area contributed by atoms with Gasteiger partial charge in [-0.15, -0.1) is 0 Å². The average Bonchev–Trinajstić information content (AvgIpc) is 2.66. The lowest BCUT2D eigenvalue weighted by atomic mass is 9.75. The van der Waals surface area contributed by atoms with Crippen LogP contribution in [0.25, 0.3) is 0 Å². The first-order chi connectivity index (χ1) is 11.5. The van der Waals surface area contributed by atoms with E-state index in [2.05, 4.69) is 0 Å². The molecule has 0 spiro atoms. The molecule has 1 heterocycles. The third kappa shape index (κ3) is 3.02. The first-order valence-corrected chi connectivity index (χ1v) is 8.63. The second kappa shape index (κ2) is 6.73. The highest BCUT2D eigenvalue weighted by Crippen LogP contribution is 2.42. The highest BCUT2D eigenvalue weighted by Gasteiger charge is 2.60. The molecule has 0 N–H and O–H groups in total. The van der Waals surface area contributed by atoms with Gasteiger partial charge in [0, 0.05) is 18.7 Å². The molecule has 1 saturated heterocycles. The summed E-state index contributed by atoms with van der Waals surface area (Å²) in [5.41, 5.74) is -0.709. The first-order valence-electron chi connectivity index (χ1n) is 8.63. The minimum Gasteiger partial charge on any atom is -0.305 e. The molecule has 3 amide bonds. The molecule has 4 nitrogen and oxygen atoms in total. The summed E-state index contributed by atoms with van der Waals surface area (Å²) in [7, 11) is 0. The van der Waals surface area contributed by atoms with E-state index in [-0.39, 0.29) is 30.3 Å². The Hall–Kier alpha value is -1.98. The van der Waals surface area contributed by atoms with Crippen LogP contribution in [0.15, 0.2) is 18.2 Å². The summed E-state index contributed by atoms with van der Waals surface area (Å²) in [6.45, 7) is 11.1. The Kier molecular flexibility index (Phi) is 5.21. The van der Waals surface area contributed by atoms with Crippen molar-refractivity contribution in [3.05, 3.63) is 35.4 Å². The Labute approximate surface area is 147 Å². The average molecular weight is 352 g/mol. The van der Waals surface area contributed by atoms with Gasteiger partial charge >= 0.3 is 6.03 Å². The van der Waals surface area contributed by atoms with E-state index < -0.39 is 23.2 Å². The third-order valence-corrected chi connectivity index (χ3v) is 4.98. The molecule has 0 aliphatic carbocycles. The molecule has 2 rings (SSSR count). The summed E-state index contributed by atoms with van der Waals surface area (Å²) in [5.74, 6) is -1.94. The van der Waals surface area contributed by atoms with E-state index in [1.54, 1.807) is 13.8 Å². The zero-order valence-electron chi connectivity index (χ0n) is 15.6. The molecule has 0 bridgehead atoms. The lowest BCUT2D eigenvalue weighted by Gasteiger charge is -2.42. The van der Waals surface area contributed by atoms with Gasteiger partial charge in [-0.25, -0.2) is 13.6 Å². The molecule has 1 aliphatic rings. The highest BCUT2D eigenvalue weighted by molar-refractivity contribution is 6.07. The normalized spacial score (nSPS) is 17.6. The molecule has 6 heteroatoms. The molecule has 0 unspecified atom stereocenters. The van der Waals surface area contributed by atoms with Crippen LogP contribution < -0.4 is 0 Å². The highest BCUT2D eigenvalue weighted by atomic mass is 19.1. The van der Waals surface area contributed by atoms with Crippen molar-refractivity contribution in [2.45, 2.75) is 59.7 Å². The van der Waals surface area contributed by atoms with Crippen molar-refractivity contribution in [1.82, 2.24) is 9.80 Å². The Morgan fingerprint density at radius 3 is 1.80 bits per heavy atom. The minimum atomic E-state index is -1.04. The van der Waals surface area contributed by atoms with Crippen LogP contribution >= 0.6 is 0 Å². The van der Waals surface area contributed by atoms with Gasteiger partial charge in [0.1, 0.15) is 17.2 Å². The smallest absolute Gasteiger partial charge is 0.305 e. The number of halogens is 2. The lowest BCUT2D eigenvalue weighted by Crippen LogP contribution is -2.57. The van der Waals surface area contributed by atoms with Crippen molar-refractivity contribution in [3.8, 4) is 0 Å². The maximum Gasteiger partial charge on any atom is 0.328 e. The van der Waals surface area contributed by atoms with E-state index in [4.69, 9.17) is 0 Å². The molecule has 1 aromatic rings. The molecule has 0 aromatic heterocycles. The number of hydrogen-bond donors (Lipinski definition) is 0. The number of carbonyl (C=O) groups is 2. The van der Waals surface area contributed by atoms with Crippen molar-refractivity contribution in [1.29, 1.82) is 0 Å². The maximum absolute atomic E-state index is 13.6. The van der Waals surface area contributed by atoms with E-state index >= 15 is 0 Å². The monoisotopic (exact) mass is 352 g/mol. The van der Waals surface area contributed by atoms with Crippen molar-refractivity contribution in [3.63, 3.8) is 0 Å².